The number of nitrogens with one attached hydrogen (secondary N) is 1. The number of aromatic nitrogens is 2. The lowest BCUT2D eigenvalue weighted by molar-refractivity contribution is -0.137. The minimum Gasteiger partial charge on any atom is -0.454 e. The van der Waals surface area contributed by atoms with E-state index in [4.69, 9.17) is 23.7 Å². The van der Waals surface area contributed by atoms with E-state index in [9.17, 15) is 4.79 Å². The van der Waals surface area contributed by atoms with Crippen LogP contribution < -0.4 is 14.8 Å². The topological polar surface area (TPSA) is 104 Å². The van der Waals surface area contributed by atoms with Crippen molar-refractivity contribution in [3.05, 3.63) is 30.5 Å². The third-order valence-electron chi connectivity index (χ3n) is 5.57. The van der Waals surface area contributed by atoms with Crippen LogP contribution in [0.2, 0.25) is 0 Å². The van der Waals surface area contributed by atoms with Crippen LogP contribution in [-0.4, -0.2) is 85.8 Å². The molecular formula is C21H24N4O6. The van der Waals surface area contributed by atoms with E-state index in [1.807, 2.05) is 24.3 Å². The molecule has 4 atom stereocenters. The van der Waals surface area contributed by atoms with Crippen molar-refractivity contribution in [1.29, 1.82) is 0 Å². The fraction of sp³-hybridized carbons (Fsp3) is 0.476. The molecule has 3 aliphatic rings. The number of anilines is 1. The van der Waals surface area contributed by atoms with Crippen molar-refractivity contribution in [2.45, 2.75) is 24.4 Å². The van der Waals surface area contributed by atoms with E-state index in [0.717, 1.165) is 17.0 Å². The lowest BCUT2D eigenvalue weighted by atomic mass is 10.1. The molecule has 10 heteroatoms. The van der Waals surface area contributed by atoms with Crippen molar-refractivity contribution in [3.8, 4) is 22.8 Å². The van der Waals surface area contributed by atoms with Crippen LogP contribution in [0.5, 0.6) is 11.5 Å². The summed E-state index contributed by atoms with van der Waals surface area (Å²) >= 11 is 0. The Bertz CT molecular complexity index is 971. The molecule has 2 aromatic rings. The summed E-state index contributed by atoms with van der Waals surface area (Å²) in [6, 6.07) is 7.44. The van der Waals surface area contributed by atoms with E-state index in [-0.39, 0.29) is 43.7 Å². The summed E-state index contributed by atoms with van der Waals surface area (Å²) in [6.07, 6.45) is 1.000. The zero-order chi connectivity index (χ0) is 21.4. The van der Waals surface area contributed by atoms with Crippen LogP contribution in [0.3, 0.4) is 0 Å². The molecule has 1 N–H and O–H groups in total. The summed E-state index contributed by atoms with van der Waals surface area (Å²) in [5.74, 6) is 1.83. The summed E-state index contributed by atoms with van der Waals surface area (Å²) in [5, 5.41) is 3.32. The molecule has 31 heavy (non-hydrogen) atoms. The highest BCUT2D eigenvalue weighted by atomic mass is 16.7. The van der Waals surface area contributed by atoms with E-state index in [0.29, 0.717) is 24.9 Å². The second-order valence-corrected chi connectivity index (χ2v) is 7.82. The summed E-state index contributed by atoms with van der Waals surface area (Å²) in [6.45, 7) is 1.06. The smallest absolute Gasteiger partial charge is 0.248 e. The predicted molar refractivity (Wildman–Crippen MR) is 109 cm³/mol. The van der Waals surface area contributed by atoms with Gasteiger partial charge in [-0.2, -0.15) is 0 Å². The molecule has 3 aliphatic heterocycles. The molecule has 164 valence electrons. The van der Waals surface area contributed by atoms with E-state index in [2.05, 4.69) is 15.3 Å². The van der Waals surface area contributed by atoms with Crippen molar-refractivity contribution >= 4 is 11.9 Å². The molecule has 2 saturated heterocycles. The number of nitrogens with zero attached hydrogens (tertiary/aromatic N) is 3. The number of likely N-dealkylation sites (N-methyl/N-ethyl adjacent to an activating group) is 1. The lowest BCUT2D eigenvalue weighted by Gasteiger charge is -2.18. The highest BCUT2D eigenvalue weighted by molar-refractivity contribution is 5.76. The van der Waals surface area contributed by atoms with Crippen molar-refractivity contribution < 1.29 is 28.5 Å². The number of rotatable bonds is 6. The van der Waals surface area contributed by atoms with Crippen LogP contribution in [0.4, 0.5) is 5.95 Å². The lowest BCUT2D eigenvalue weighted by Crippen LogP contribution is -2.38. The van der Waals surface area contributed by atoms with Gasteiger partial charge in [0.2, 0.25) is 18.6 Å². The Morgan fingerprint density at radius 2 is 2.00 bits per heavy atom. The van der Waals surface area contributed by atoms with Crippen molar-refractivity contribution in [2.75, 3.05) is 46.0 Å². The van der Waals surface area contributed by atoms with Crippen LogP contribution in [0.15, 0.2) is 30.5 Å². The summed E-state index contributed by atoms with van der Waals surface area (Å²) in [7, 11) is 3.40. The third-order valence-corrected chi connectivity index (χ3v) is 5.57. The maximum atomic E-state index is 11.8. The Labute approximate surface area is 179 Å². The van der Waals surface area contributed by atoms with Gasteiger partial charge in [0.05, 0.1) is 24.9 Å². The quantitative estimate of drug-likeness (QED) is 0.719. The number of carbonyl (C=O) groups excluding carboxylic acids is 1. The van der Waals surface area contributed by atoms with Gasteiger partial charge in [-0.1, -0.05) is 0 Å². The summed E-state index contributed by atoms with van der Waals surface area (Å²) in [5.41, 5.74) is 1.67. The maximum absolute atomic E-state index is 11.8. The molecule has 0 saturated carbocycles. The van der Waals surface area contributed by atoms with Crippen molar-refractivity contribution in [2.24, 2.45) is 0 Å². The maximum Gasteiger partial charge on any atom is 0.248 e. The first kappa shape index (κ1) is 20.0. The normalized spacial score (nSPS) is 26.0. The zero-order valence-electron chi connectivity index (χ0n) is 17.3. The molecule has 1 aromatic carbocycles. The first-order valence-corrected chi connectivity index (χ1v) is 10.1. The molecule has 0 aliphatic carbocycles. The van der Waals surface area contributed by atoms with Crippen LogP contribution in [0, 0.1) is 0 Å². The van der Waals surface area contributed by atoms with Crippen LogP contribution in [-0.2, 0) is 19.0 Å². The van der Waals surface area contributed by atoms with Gasteiger partial charge in [-0.05, 0) is 24.3 Å². The summed E-state index contributed by atoms with van der Waals surface area (Å²) < 4.78 is 28.4. The van der Waals surface area contributed by atoms with Gasteiger partial charge in [0.1, 0.15) is 24.9 Å². The molecule has 0 spiro atoms. The standard InChI is InChI=1S/C21H24N4O6/c1-25(2)18(26)10-27-17-9-29-19-14(8-28-20(17)19)24-21-22-6-5-13(23-21)12-3-4-15-16(7-12)31-11-30-15/h3-7,14,17,19-20H,8-11H2,1-2H3,(H,22,23,24). The fourth-order valence-electron chi connectivity index (χ4n) is 3.85. The number of fused-ring (bicyclic) bond motifs is 2. The Morgan fingerprint density at radius 3 is 2.87 bits per heavy atom. The second-order valence-electron chi connectivity index (χ2n) is 7.82. The zero-order valence-corrected chi connectivity index (χ0v) is 17.3. The fourth-order valence-corrected chi connectivity index (χ4v) is 3.85. The van der Waals surface area contributed by atoms with Crippen LogP contribution >= 0.6 is 0 Å². The highest BCUT2D eigenvalue weighted by Gasteiger charge is 2.48. The minimum absolute atomic E-state index is 0.00634. The molecule has 2 fully saturated rings. The highest BCUT2D eigenvalue weighted by Crippen LogP contribution is 2.35. The predicted octanol–water partition coefficient (Wildman–Crippen LogP) is 0.924. The molecule has 10 nitrogen and oxygen atoms in total. The van der Waals surface area contributed by atoms with Gasteiger partial charge in [-0.3, -0.25) is 4.79 Å². The van der Waals surface area contributed by atoms with Crippen molar-refractivity contribution in [3.63, 3.8) is 0 Å². The number of hydrogen-bond donors (Lipinski definition) is 1. The van der Waals surface area contributed by atoms with Gasteiger partial charge in [0.15, 0.2) is 11.5 Å². The van der Waals surface area contributed by atoms with E-state index >= 15 is 0 Å². The SMILES string of the molecule is CN(C)C(=O)COC1COC2C(Nc3nccc(-c4ccc5c(c4)OCO5)n3)COC12. The monoisotopic (exact) mass is 428 g/mol. The number of carbonyl (C=O) groups is 1. The van der Waals surface area contributed by atoms with E-state index < -0.39 is 0 Å². The van der Waals surface area contributed by atoms with E-state index in [1.54, 1.807) is 20.3 Å². The average Bonchev–Trinajstić information content (AvgIpc) is 3.49. The first-order valence-electron chi connectivity index (χ1n) is 10.1. The summed E-state index contributed by atoms with van der Waals surface area (Å²) in [4.78, 5) is 22.3. The molecule has 0 radical (unpaired) electrons. The second kappa shape index (κ2) is 8.29. The molecule has 0 bridgehead atoms. The van der Waals surface area contributed by atoms with Gasteiger partial charge >= 0.3 is 0 Å². The number of ether oxygens (including phenoxy) is 5. The molecule has 4 heterocycles. The Balaban J connectivity index is 1.23. The first-order chi connectivity index (χ1) is 15.1. The van der Waals surface area contributed by atoms with E-state index in [1.165, 1.54) is 4.90 Å². The molecule has 1 amide bonds. The number of benzene rings is 1. The molecular weight excluding hydrogens is 404 g/mol. The number of hydrogen-bond acceptors (Lipinski definition) is 9. The van der Waals surface area contributed by atoms with Gasteiger partial charge in [0, 0.05) is 25.9 Å². The Hall–Kier alpha value is -2.95. The largest absolute Gasteiger partial charge is 0.454 e. The minimum atomic E-state index is -0.276. The Morgan fingerprint density at radius 1 is 1.16 bits per heavy atom. The molecule has 1 aromatic heterocycles. The third kappa shape index (κ3) is 4.01. The molecule has 4 unspecified atom stereocenters. The van der Waals surface area contributed by atoms with Gasteiger partial charge < -0.3 is 33.9 Å². The van der Waals surface area contributed by atoms with Gasteiger partial charge in [-0.25, -0.2) is 9.97 Å². The van der Waals surface area contributed by atoms with Gasteiger partial charge in [0.25, 0.3) is 0 Å². The average molecular weight is 428 g/mol. The van der Waals surface area contributed by atoms with Crippen LogP contribution in [0.1, 0.15) is 0 Å². The van der Waals surface area contributed by atoms with Gasteiger partial charge in [-0.15, -0.1) is 0 Å². The van der Waals surface area contributed by atoms with Crippen molar-refractivity contribution in [1.82, 2.24) is 14.9 Å². The number of amides is 1. The van der Waals surface area contributed by atoms with Crippen LogP contribution in [0.25, 0.3) is 11.3 Å². The molecule has 5 rings (SSSR count). The Kier molecular flexibility index (Phi) is 5.34.